The molecule has 2 aromatic rings. The van der Waals surface area contributed by atoms with Crippen molar-refractivity contribution in [1.82, 2.24) is 21.1 Å². The van der Waals surface area contributed by atoms with Crippen molar-refractivity contribution >= 4 is 11.8 Å². The Labute approximate surface area is 187 Å². The minimum atomic E-state index is -0.237. The fourth-order valence-corrected chi connectivity index (χ4v) is 4.67. The number of ether oxygens (including phenoxy) is 2. The summed E-state index contributed by atoms with van der Waals surface area (Å²) in [5, 5.41) is 3.09. The number of hydrazine groups is 1. The summed E-state index contributed by atoms with van der Waals surface area (Å²) in [6.07, 6.45) is 2.21. The van der Waals surface area contributed by atoms with Gasteiger partial charge in [-0.3, -0.25) is 9.59 Å². The maximum absolute atomic E-state index is 13.0. The van der Waals surface area contributed by atoms with Gasteiger partial charge in [0, 0.05) is 30.7 Å². The van der Waals surface area contributed by atoms with Crippen molar-refractivity contribution in [1.29, 1.82) is 0 Å². The van der Waals surface area contributed by atoms with Crippen molar-refractivity contribution < 1.29 is 19.1 Å². The van der Waals surface area contributed by atoms with E-state index in [2.05, 4.69) is 35.2 Å². The number of piperidine rings is 1. The van der Waals surface area contributed by atoms with Crippen molar-refractivity contribution in [2.45, 2.75) is 44.3 Å². The van der Waals surface area contributed by atoms with E-state index in [1.807, 2.05) is 17.0 Å². The van der Waals surface area contributed by atoms with Gasteiger partial charge in [0.05, 0.1) is 0 Å². The van der Waals surface area contributed by atoms with Crippen molar-refractivity contribution in [3.63, 3.8) is 0 Å². The summed E-state index contributed by atoms with van der Waals surface area (Å²) in [5.74, 6) is 1.25. The summed E-state index contributed by atoms with van der Waals surface area (Å²) in [5.41, 5.74) is 9.46. The van der Waals surface area contributed by atoms with Gasteiger partial charge in [0.1, 0.15) is 6.04 Å². The molecular weight excluding hydrogens is 408 g/mol. The monoisotopic (exact) mass is 436 g/mol. The van der Waals surface area contributed by atoms with E-state index in [1.54, 1.807) is 18.2 Å². The molecule has 0 radical (unpaired) electrons. The molecule has 2 fully saturated rings. The van der Waals surface area contributed by atoms with Crippen LogP contribution in [-0.4, -0.2) is 48.7 Å². The highest BCUT2D eigenvalue weighted by Gasteiger charge is 2.35. The Hall–Kier alpha value is -3.10. The van der Waals surface area contributed by atoms with Crippen molar-refractivity contribution in [3.05, 3.63) is 59.2 Å². The number of amides is 2. The van der Waals surface area contributed by atoms with Gasteiger partial charge in [-0.2, -0.15) is 0 Å². The zero-order valence-electron chi connectivity index (χ0n) is 18.1. The molecule has 5 rings (SSSR count). The largest absolute Gasteiger partial charge is 0.454 e. The molecule has 8 heteroatoms. The summed E-state index contributed by atoms with van der Waals surface area (Å²) in [6.45, 7) is 3.55. The zero-order chi connectivity index (χ0) is 22.1. The van der Waals surface area contributed by atoms with E-state index in [1.165, 1.54) is 11.1 Å². The number of hydrogen-bond acceptors (Lipinski definition) is 6. The number of nitrogens with zero attached hydrogens (tertiary/aromatic N) is 1. The highest BCUT2D eigenvalue weighted by atomic mass is 16.7. The first-order valence-corrected chi connectivity index (χ1v) is 11.1. The van der Waals surface area contributed by atoms with Gasteiger partial charge in [-0.05, 0) is 55.5 Å². The van der Waals surface area contributed by atoms with Crippen LogP contribution in [0.25, 0.3) is 0 Å². The maximum Gasteiger partial charge on any atom is 0.251 e. The summed E-state index contributed by atoms with van der Waals surface area (Å²) in [4.78, 5) is 27.6. The molecular formula is C24H28N4O4. The Morgan fingerprint density at radius 2 is 1.81 bits per heavy atom. The van der Waals surface area contributed by atoms with E-state index in [-0.39, 0.29) is 36.7 Å². The van der Waals surface area contributed by atoms with Gasteiger partial charge in [-0.25, -0.2) is 10.9 Å². The van der Waals surface area contributed by atoms with Gasteiger partial charge in [0.25, 0.3) is 5.91 Å². The first kappa shape index (κ1) is 20.8. The number of rotatable bonds is 4. The van der Waals surface area contributed by atoms with Crippen LogP contribution in [0.4, 0.5) is 0 Å². The molecule has 0 aromatic heterocycles. The van der Waals surface area contributed by atoms with Gasteiger partial charge in [-0.1, -0.05) is 24.3 Å². The molecule has 0 spiro atoms. The SMILES string of the molecule is Cc1ccccc1C1CC(C(=O)N2CCC(NC(=O)c3ccc4c(c3)OCO4)CC2)NN1. The molecule has 2 aromatic carbocycles. The molecule has 3 N–H and O–H groups in total. The Kier molecular flexibility index (Phi) is 5.71. The lowest BCUT2D eigenvalue weighted by Crippen LogP contribution is -2.51. The van der Waals surface area contributed by atoms with E-state index in [0.717, 1.165) is 19.3 Å². The fraction of sp³-hybridized carbons (Fsp3) is 0.417. The number of nitrogens with one attached hydrogen (secondary N) is 3. The molecule has 0 saturated carbocycles. The minimum absolute atomic E-state index is 0.0475. The summed E-state index contributed by atoms with van der Waals surface area (Å²) in [6, 6.07) is 13.4. The predicted octanol–water partition coefficient (Wildman–Crippen LogP) is 2.05. The second kappa shape index (κ2) is 8.80. The number of carbonyl (C=O) groups excluding carboxylic acids is 2. The standard InChI is InChI=1S/C24H28N4O4/c1-15-4-2-3-5-18(15)19-13-20(27-26-19)24(30)28-10-8-17(9-11-28)25-23(29)16-6-7-21-22(12-16)32-14-31-21/h2-7,12,17,19-20,26-27H,8-11,13-14H2,1H3,(H,25,29). The van der Waals surface area contributed by atoms with E-state index < -0.39 is 0 Å². The molecule has 0 bridgehead atoms. The van der Waals surface area contributed by atoms with Crippen LogP contribution < -0.4 is 25.6 Å². The average molecular weight is 437 g/mol. The maximum atomic E-state index is 13.0. The third-order valence-corrected chi connectivity index (χ3v) is 6.54. The molecule has 2 saturated heterocycles. The van der Waals surface area contributed by atoms with Gasteiger partial charge in [0.15, 0.2) is 11.5 Å². The van der Waals surface area contributed by atoms with Gasteiger partial charge >= 0.3 is 0 Å². The Bertz CT molecular complexity index is 1020. The second-order valence-electron chi connectivity index (χ2n) is 8.63. The average Bonchev–Trinajstić information content (AvgIpc) is 3.49. The van der Waals surface area contributed by atoms with Crippen LogP contribution in [0.1, 0.15) is 46.8 Å². The van der Waals surface area contributed by atoms with Crippen LogP contribution in [0.5, 0.6) is 11.5 Å². The van der Waals surface area contributed by atoms with Gasteiger partial charge in [0.2, 0.25) is 12.7 Å². The van der Waals surface area contributed by atoms with Gasteiger partial charge < -0.3 is 19.7 Å². The predicted molar refractivity (Wildman–Crippen MR) is 118 cm³/mol. The quantitative estimate of drug-likeness (QED) is 0.680. The van der Waals surface area contributed by atoms with E-state index in [0.29, 0.717) is 30.2 Å². The topological polar surface area (TPSA) is 91.9 Å². The minimum Gasteiger partial charge on any atom is -0.454 e. The Morgan fingerprint density at radius 1 is 1.03 bits per heavy atom. The van der Waals surface area contributed by atoms with Crippen LogP contribution in [0.15, 0.2) is 42.5 Å². The molecule has 3 aliphatic rings. The summed E-state index contributed by atoms with van der Waals surface area (Å²) >= 11 is 0. The molecule has 3 aliphatic heterocycles. The molecule has 2 amide bonds. The highest BCUT2D eigenvalue weighted by molar-refractivity contribution is 5.95. The third kappa shape index (κ3) is 4.16. The van der Waals surface area contributed by atoms with Crippen LogP contribution >= 0.6 is 0 Å². The smallest absolute Gasteiger partial charge is 0.251 e. The summed E-state index contributed by atoms with van der Waals surface area (Å²) in [7, 11) is 0. The Balaban J connectivity index is 1.12. The van der Waals surface area contributed by atoms with E-state index in [4.69, 9.17) is 9.47 Å². The molecule has 3 heterocycles. The number of aryl methyl sites for hydroxylation is 1. The van der Waals surface area contributed by atoms with Crippen molar-refractivity contribution in [2.24, 2.45) is 0 Å². The lowest BCUT2D eigenvalue weighted by Gasteiger charge is -2.33. The van der Waals surface area contributed by atoms with E-state index in [9.17, 15) is 9.59 Å². The van der Waals surface area contributed by atoms with E-state index >= 15 is 0 Å². The van der Waals surface area contributed by atoms with Crippen LogP contribution in [-0.2, 0) is 4.79 Å². The second-order valence-corrected chi connectivity index (χ2v) is 8.63. The number of carbonyl (C=O) groups is 2. The Morgan fingerprint density at radius 3 is 2.62 bits per heavy atom. The number of likely N-dealkylation sites (tertiary alicyclic amines) is 1. The molecule has 2 atom stereocenters. The van der Waals surface area contributed by atoms with Crippen molar-refractivity contribution in [2.75, 3.05) is 19.9 Å². The highest BCUT2D eigenvalue weighted by Crippen LogP contribution is 2.32. The van der Waals surface area contributed by atoms with Gasteiger partial charge in [-0.15, -0.1) is 0 Å². The molecule has 32 heavy (non-hydrogen) atoms. The lowest BCUT2D eigenvalue weighted by molar-refractivity contribution is -0.134. The first-order valence-electron chi connectivity index (χ1n) is 11.1. The van der Waals surface area contributed by atoms with Crippen molar-refractivity contribution in [3.8, 4) is 11.5 Å². The molecule has 8 nitrogen and oxygen atoms in total. The molecule has 2 unspecified atom stereocenters. The lowest BCUT2D eigenvalue weighted by atomic mass is 9.97. The number of fused-ring (bicyclic) bond motifs is 1. The van der Waals surface area contributed by atoms with Crippen LogP contribution in [0, 0.1) is 6.92 Å². The number of hydrogen-bond donors (Lipinski definition) is 3. The molecule has 0 aliphatic carbocycles. The van der Waals surface area contributed by atoms with Crippen LogP contribution in [0.2, 0.25) is 0 Å². The third-order valence-electron chi connectivity index (χ3n) is 6.54. The first-order chi connectivity index (χ1) is 15.6. The zero-order valence-corrected chi connectivity index (χ0v) is 18.1. The van der Waals surface area contributed by atoms with Crippen LogP contribution in [0.3, 0.4) is 0 Å². The molecule has 168 valence electrons. The fourth-order valence-electron chi connectivity index (χ4n) is 4.67. The normalized spacial score (nSPS) is 22.7. The number of benzene rings is 2. The summed E-state index contributed by atoms with van der Waals surface area (Å²) < 4.78 is 10.6.